The third-order valence-corrected chi connectivity index (χ3v) is 4.94. The van der Waals surface area contributed by atoms with Crippen molar-refractivity contribution in [1.82, 2.24) is 10.2 Å². The minimum Gasteiger partial charge on any atom is -0.352 e. The van der Waals surface area contributed by atoms with Crippen molar-refractivity contribution in [3.63, 3.8) is 0 Å². The van der Waals surface area contributed by atoms with Crippen LogP contribution in [-0.2, 0) is 17.9 Å². The molecule has 0 aliphatic carbocycles. The summed E-state index contributed by atoms with van der Waals surface area (Å²) in [5.74, 6) is 1.16. The van der Waals surface area contributed by atoms with Gasteiger partial charge in [0.1, 0.15) is 0 Å². The fraction of sp³-hybridized carbons (Fsp3) is 0.650. The van der Waals surface area contributed by atoms with E-state index in [1.807, 2.05) is 6.92 Å². The summed E-state index contributed by atoms with van der Waals surface area (Å²) in [6.45, 7) is 10.6. The van der Waals surface area contributed by atoms with Gasteiger partial charge in [-0.15, -0.1) is 0 Å². The van der Waals surface area contributed by atoms with E-state index < -0.39 is 0 Å². The highest BCUT2D eigenvalue weighted by Crippen LogP contribution is 2.18. The van der Waals surface area contributed by atoms with Crippen molar-refractivity contribution >= 4 is 5.91 Å². The van der Waals surface area contributed by atoms with Crippen LogP contribution in [0.25, 0.3) is 0 Å². The van der Waals surface area contributed by atoms with Gasteiger partial charge >= 0.3 is 0 Å². The molecule has 1 aliphatic rings. The lowest BCUT2D eigenvalue weighted by molar-refractivity contribution is -0.124. The molecule has 2 rings (SSSR count). The molecule has 1 aromatic carbocycles. The van der Waals surface area contributed by atoms with Gasteiger partial charge in [-0.3, -0.25) is 9.69 Å². The maximum atomic E-state index is 11.9. The first-order valence-corrected chi connectivity index (χ1v) is 9.16. The molecule has 1 atom stereocenters. The van der Waals surface area contributed by atoms with Crippen LogP contribution in [0, 0.1) is 11.8 Å². The largest absolute Gasteiger partial charge is 0.352 e. The summed E-state index contributed by atoms with van der Waals surface area (Å²) in [5.41, 5.74) is 2.55. The summed E-state index contributed by atoms with van der Waals surface area (Å²) >= 11 is 0. The third kappa shape index (κ3) is 5.98. The molecule has 1 heterocycles. The monoisotopic (exact) mass is 316 g/mol. The van der Waals surface area contributed by atoms with E-state index in [4.69, 9.17) is 0 Å². The van der Waals surface area contributed by atoms with Crippen LogP contribution in [0.15, 0.2) is 24.3 Å². The lowest BCUT2D eigenvalue weighted by atomic mass is 9.99. The molecule has 0 bridgehead atoms. The van der Waals surface area contributed by atoms with Gasteiger partial charge in [0.25, 0.3) is 0 Å². The van der Waals surface area contributed by atoms with Crippen molar-refractivity contribution in [2.24, 2.45) is 11.8 Å². The summed E-state index contributed by atoms with van der Waals surface area (Å²) in [6, 6.07) is 8.70. The molecule has 0 spiro atoms. The van der Waals surface area contributed by atoms with Crippen molar-refractivity contribution in [2.45, 2.75) is 59.5 Å². The zero-order chi connectivity index (χ0) is 16.7. The number of likely N-dealkylation sites (tertiary alicyclic amines) is 1. The molecule has 128 valence electrons. The van der Waals surface area contributed by atoms with E-state index in [2.05, 4.69) is 48.3 Å². The number of carbonyl (C=O) groups excluding carboxylic acids is 1. The predicted molar refractivity (Wildman–Crippen MR) is 96.0 cm³/mol. The first-order valence-electron chi connectivity index (χ1n) is 9.16. The molecule has 0 saturated carbocycles. The van der Waals surface area contributed by atoms with Gasteiger partial charge < -0.3 is 5.32 Å². The van der Waals surface area contributed by atoms with Gasteiger partial charge in [-0.2, -0.15) is 0 Å². The van der Waals surface area contributed by atoms with Crippen LogP contribution in [0.1, 0.15) is 57.6 Å². The molecule has 3 nitrogen and oxygen atoms in total. The van der Waals surface area contributed by atoms with Gasteiger partial charge in [-0.25, -0.2) is 0 Å². The zero-order valence-electron chi connectivity index (χ0n) is 15.0. The van der Waals surface area contributed by atoms with Crippen LogP contribution < -0.4 is 5.32 Å². The van der Waals surface area contributed by atoms with Gasteiger partial charge in [0, 0.05) is 19.0 Å². The molecule has 0 aromatic heterocycles. The topological polar surface area (TPSA) is 32.3 Å². The average Bonchev–Trinajstić information content (AvgIpc) is 2.56. The Morgan fingerprint density at radius 2 is 1.83 bits per heavy atom. The highest BCUT2D eigenvalue weighted by atomic mass is 16.1. The number of nitrogens with one attached hydrogen (secondary N) is 1. The minimum absolute atomic E-state index is 0.112. The molecular formula is C20H32N2O. The first-order chi connectivity index (χ1) is 11.1. The van der Waals surface area contributed by atoms with Crippen LogP contribution >= 0.6 is 0 Å². The Kier molecular flexibility index (Phi) is 7.10. The lowest BCUT2D eigenvalue weighted by Gasteiger charge is -2.30. The van der Waals surface area contributed by atoms with Gasteiger partial charge in [0.05, 0.1) is 0 Å². The molecule has 1 fully saturated rings. The van der Waals surface area contributed by atoms with Gasteiger partial charge in [-0.05, 0) is 49.4 Å². The molecule has 1 N–H and O–H groups in total. The van der Waals surface area contributed by atoms with Crippen LogP contribution in [0.2, 0.25) is 0 Å². The van der Waals surface area contributed by atoms with Crippen molar-refractivity contribution in [3.8, 4) is 0 Å². The number of nitrogens with zero attached hydrogens (tertiary/aromatic N) is 1. The number of benzene rings is 1. The van der Waals surface area contributed by atoms with Crippen LogP contribution in [0.5, 0.6) is 0 Å². The summed E-state index contributed by atoms with van der Waals surface area (Å²) in [5, 5.41) is 3.04. The van der Waals surface area contributed by atoms with Crippen LogP contribution in [0.4, 0.5) is 0 Å². The quantitative estimate of drug-likeness (QED) is 0.825. The van der Waals surface area contributed by atoms with Crippen molar-refractivity contribution < 1.29 is 4.79 Å². The fourth-order valence-electron chi connectivity index (χ4n) is 3.17. The van der Waals surface area contributed by atoms with Gasteiger partial charge in [-0.1, -0.05) is 51.5 Å². The van der Waals surface area contributed by atoms with Crippen molar-refractivity contribution in [2.75, 3.05) is 13.1 Å². The second-order valence-corrected chi connectivity index (χ2v) is 7.18. The smallest absolute Gasteiger partial charge is 0.223 e. The molecule has 1 unspecified atom stereocenters. The van der Waals surface area contributed by atoms with E-state index in [1.165, 1.54) is 37.1 Å². The predicted octanol–water partition coefficient (Wildman–Crippen LogP) is 3.97. The second-order valence-electron chi connectivity index (χ2n) is 7.18. The van der Waals surface area contributed by atoms with Crippen molar-refractivity contribution in [3.05, 3.63) is 35.4 Å². The number of amides is 1. The zero-order valence-corrected chi connectivity index (χ0v) is 15.0. The fourth-order valence-corrected chi connectivity index (χ4v) is 3.17. The maximum absolute atomic E-state index is 11.9. The van der Waals surface area contributed by atoms with E-state index in [1.54, 1.807) is 0 Å². The molecule has 0 radical (unpaired) electrons. The first kappa shape index (κ1) is 18.0. The Balaban J connectivity index is 1.77. The van der Waals surface area contributed by atoms with E-state index in [9.17, 15) is 4.79 Å². The van der Waals surface area contributed by atoms with E-state index in [0.29, 0.717) is 6.54 Å². The minimum atomic E-state index is 0.112. The van der Waals surface area contributed by atoms with Gasteiger partial charge in [0.15, 0.2) is 0 Å². The highest BCUT2D eigenvalue weighted by molar-refractivity contribution is 5.78. The standard InChI is InChI=1S/C20H32N2O/c1-4-5-17(3)20(23)21-14-18-6-8-19(9-7-18)15-22-12-10-16(2)11-13-22/h6-9,16-17H,4-5,10-15H2,1-3H3,(H,21,23). The summed E-state index contributed by atoms with van der Waals surface area (Å²) in [6.07, 6.45) is 4.65. The Labute approximate surface area is 141 Å². The molecular weight excluding hydrogens is 284 g/mol. The number of hydrogen-bond donors (Lipinski definition) is 1. The number of piperidine rings is 1. The Morgan fingerprint density at radius 3 is 2.43 bits per heavy atom. The van der Waals surface area contributed by atoms with Crippen molar-refractivity contribution in [1.29, 1.82) is 0 Å². The Bertz CT molecular complexity index is 475. The molecule has 1 amide bonds. The summed E-state index contributed by atoms with van der Waals surface area (Å²) in [7, 11) is 0. The average molecular weight is 316 g/mol. The van der Waals surface area contributed by atoms with Gasteiger partial charge in [0.2, 0.25) is 5.91 Å². The second kappa shape index (κ2) is 9.07. The summed E-state index contributed by atoms with van der Waals surface area (Å²) < 4.78 is 0. The summed E-state index contributed by atoms with van der Waals surface area (Å²) in [4.78, 5) is 14.5. The van der Waals surface area contributed by atoms with E-state index in [-0.39, 0.29) is 11.8 Å². The molecule has 23 heavy (non-hydrogen) atoms. The SMILES string of the molecule is CCCC(C)C(=O)NCc1ccc(CN2CCC(C)CC2)cc1. The van der Waals surface area contributed by atoms with E-state index >= 15 is 0 Å². The van der Waals surface area contributed by atoms with Crippen LogP contribution in [0.3, 0.4) is 0 Å². The van der Waals surface area contributed by atoms with E-state index in [0.717, 1.165) is 25.3 Å². The molecule has 1 saturated heterocycles. The maximum Gasteiger partial charge on any atom is 0.223 e. The highest BCUT2D eigenvalue weighted by Gasteiger charge is 2.15. The number of hydrogen-bond acceptors (Lipinski definition) is 2. The molecule has 1 aromatic rings. The molecule has 1 aliphatic heterocycles. The third-order valence-electron chi connectivity index (χ3n) is 4.94. The lowest BCUT2D eigenvalue weighted by Crippen LogP contribution is -2.32. The number of carbonyl (C=O) groups is 1. The normalized spacial score (nSPS) is 17.9. The van der Waals surface area contributed by atoms with Crippen LogP contribution in [-0.4, -0.2) is 23.9 Å². The number of rotatable bonds is 7. The molecule has 3 heteroatoms. The Hall–Kier alpha value is -1.35. The Morgan fingerprint density at radius 1 is 1.22 bits per heavy atom.